The predicted molar refractivity (Wildman–Crippen MR) is 120 cm³/mol. The first-order valence-electron chi connectivity index (χ1n) is 10.3. The Morgan fingerprint density at radius 1 is 1.00 bits per heavy atom. The first-order valence-corrected chi connectivity index (χ1v) is 12.0. The van der Waals surface area contributed by atoms with Crippen LogP contribution in [0, 0.1) is 0 Å². The number of rotatable bonds is 8. The number of ether oxygens (including phenoxy) is 2. The predicted octanol–water partition coefficient (Wildman–Crippen LogP) is 4.71. The summed E-state index contributed by atoms with van der Waals surface area (Å²) in [6.45, 7) is 0. The second kappa shape index (κ2) is 9.86. The van der Waals surface area contributed by atoms with Gasteiger partial charge in [0.25, 0.3) is 7.37 Å². The van der Waals surface area contributed by atoms with Gasteiger partial charge in [0, 0.05) is 30.7 Å². The normalized spacial score (nSPS) is 17.8. The number of aliphatic hydroxyl groups excluding tert-OH is 1. The number of hydrogen-bond donors (Lipinski definition) is 1. The van der Waals surface area contributed by atoms with Crippen LogP contribution in [0.3, 0.4) is 0 Å². The van der Waals surface area contributed by atoms with Crippen LogP contribution in [-0.2, 0) is 9.09 Å². The quantitative estimate of drug-likeness (QED) is 0.608. The molecule has 0 aromatic heterocycles. The van der Waals surface area contributed by atoms with Gasteiger partial charge in [-0.05, 0) is 55.3 Å². The van der Waals surface area contributed by atoms with Gasteiger partial charge in [-0.25, -0.2) is 0 Å². The molecule has 2 aromatic rings. The molecule has 7 heteroatoms. The molecule has 1 N–H and O–H groups in total. The van der Waals surface area contributed by atoms with E-state index in [9.17, 15) is 9.67 Å². The zero-order valence-electron chi connectivity index (χ0n) is 18.2. The van der Waals surface area contributed by atoms with Crippen molar-refractivity contribution in [3.8, 4) is 11.5 Å². The lowest BCUT2D eigenvalue weighted by atomic mass is 9.98. The molecule has 3 rings (SSSR count). The largest absolute Gasteiger partial charge is 0.497 e. The molecule has 2 unspecified atom stereocenters. The lowest BCUT2D eigenvalue weighted by Crippen LogP contribution is -2.22. The molecule has 0 radical (unpaired) electrons. The van der Waals surface area contributed by atoms with Gasteiger partial charge in [0.15, 0.2) is 5.85 Å². The van der Waals surface area contributed by atoms with Crippen molar-refractivity contribution in [2.75, 3.05) is 33.2 Å². The second-order valence-corrected chi connectivity index (χ2v) is 10.3. The highest BCUT2D eigenvalue weighted by atomic mass is 31.2. The summed E-state index contributed by atoms with van der Waals surface area (Å²) >= 11 is 0. The summed E-state index contributed by atoms with van der Waals surface area (Å²) < 4.78 is 31.4. The molecule has 30 heavy (non-hydrogen) atoms. The molecule has 0 spiro atoms. The van der Waals surface area contributed by atoms with Gasteiger partial charge in [-0.15, -0.1) is 0 Å². The topological polar surface area (TPSA) is 68.2 Å². The van der Waals surface area contributed by atoms with Gasteiger partial charge in [0.1, 0.15) is 11.5 Å². The van der Waals surface area contributed by atoms with Crippen LogP contribution in [0.5, 0.6) is 11.5 Å². The van der Waals surface area contributed by atoms with Gasteiger partial charge in [0.2, 0.25) is 0 Å². The van der Waals surface area contributed by atoms with E-state index in [0.717, 1.165) is 37.8 Å². The average Bonchev–Trinajstić information content (AvgIpc) is 2.78. The van der Waals surface area contributed by atoms with Gasteiger partial charge in [-0.3, -0.25) is 4.57 Å². The zero-order valence-corrected chi connectivity index (χ0v) is 19.1. The van der Waals surface area contributed by atoms with Gasteiger partial charge in [0.05, 0.1) is 20.3 Å². The van der Waals surface area contributed by atoms with Crippen molar-refractivity contribution in [1.29, 1.82) is 0 Å². The first-order chi connectivity index (χ1) is 14.4. The molecule has 1 fully saturated rings. The molecule has 0 amide bonds. The van der Waals surface area contributed by atoms with Crippen molar-refractivity contribution in [3.63, 3.8) is 0 Å². The minimum atomic E-state index is -3.67. The first kappa shape index (κ1) is 22.7. The highest BCUT2D eigenvalue weighted by Gasteiger charge is 2.40. The summed E-state index contributed by atoms with van der Waals surface area (Å²) in [4.78, 5) is 1.97. The summed E-state index contributed by atoms with van der Waals surface area (Å²) in [6, 6.07) is 12.5. The van der Waals surface area contributed by atoms with Crippen LogP contribution in [0.2, 0.25) is 0 Å². The average molecular weight is 433 g/mol. The van der Waals surface area contributed by atoms with Crippen LogP contribution in [0.1, 0.15) is 43.5 Å². The Kier molecular flexibility index (Phi) is 7.45. The number of benzene rings is 2. The fourth-order valence-electron chi connectivity index (χ4n) is 3.83. The second-order valence-electron chi connectivity index (χ2n) is 7.85. The third-order valence-electron chi connectivity index (χ3n) is 5.62. The number of anilines is 1. The van der Waals surface area contributed by atoms with Gasteiger partial charge in [-0.1, -0.05) is 19.3 Å². The molecule has 1 aliphatic carbocycles. The third-order valence-corrected chi connectivity index (χ3v) is 8.17. The van der Waals surface area contributed by atoms with Crippen molar-refractivity contribution in [1.82, 2.24) is 0 Å². The van der Waals surface area contributed by atoms with E-state index >= 15 is 0 Å². The Bertz CT molecular complexity index is 878. The minimum absolute atomic E-state index is 0.135. The number of hydrogen-bond acceptors (Lipinski definition) is 6. The lowest BCUT2D eigenvalue weighted by molar-refractivity contribution is 0.136. The summed E-state index contributed by atoms with van der Waals surface area (Å²) in [5.41, 5.74) is 1.38. The van der Waals surface area contributed by atoms with E-state index in [1.807, 2.05) is 31.1 Å². The Hall–Kier alpha value is -2.01. The molecule has 0 bridgehead atoms. The molecule has 2 atom stereocenters. The zero-order chi connectivity index (χ0) is 21.7. The highest BCUT2D eigenvalue weighted by molar-refractivity contribution is 7.67. The van der Waals surface area contributed by atoms with Crippen molar-refractivity contribution >= 4 is 18.4 Å². The SMILES string of the molecule is COc1ccc(OC)c(C(O)P(=O)(OC2CCCCC2)c2ccc(N(C)C)cc2)c1. The molecule has 0 heterocycles. The molecule has 1 saturated carbocycles. The fourth-order valence-corrected chi connectivity index (χ4v) is 6.14. The van der Waals surface area contributed by atoms with E-state index in [4.69, 9.17) is 14.0 Å². The number of aliphatic hydroxyl groups is 1. The summed E-state index contributed by atoms with van der Waals surface area (Å²) in [5.74, 6) is -0.368. The Morgan fingerprint density at radius 2 is 1.67 bits per heavy atom. The summed E-state index contributed by atoms with van der Waals surface area (Å²) in [6.07, 6.45) is 4.81. The van der Waals surface area contributed by atoms with E-state index in [-0.39, 0.29) is 6.10 Å². The minimum Gasteiger partial charge on any atom is -0.497 e. The summed E-state index contributed by atoms with van der Waals surface area (Å²) in [5, 5.41) is 11.9. The van der Waals surface area contributed by atoms with E-state index in [2.05, 4.69) is 0 Å². The molecule has 1 aliphatic rings. The molecular weight excluding hydrogens is 401 g/mol. The van der Waals surface area contributed by atoms with Crippen LogP contribution >= 0.6 is 7.37 Å². The Balaban J connectivity index is 2.05. The molecule has 0 aliphatic heterocycles. The number of nitrogens with zero attached hydrogens (tertiary/aromatic N) is 1. The maximum absolute atomic E-state index is 14.4. The summed E-state index contributed by atoms with van der Waals surface area (Å²) in [7, 11) is 3.30. The molecule has 164 valence electrons. The van der Waals surface area contributed by atoms with Crippen molar-refractivity contribution in [2.45, 2.75) is 44.1 Å². The van der Waals surface area contributed by atoms with Crippen molar-refractivity contribution in [2.24, 2.45) is 0 Å². The van der Waals surface area contributed by atoms with Gasteiger partial charge < -0.3 is 24.0 Å². The van der Waals surface area contributed by atoms with E-state index in [0.29, 0.717) is 22.4 Å². The van der Waals surface area contributed by atoms with Gasteiger partial charge >= 0.3 is 0 Å². The lowest BCUT2D eigenvalue weighted by Gasteiger charge is -2.31. The van der Waals surface area contributed by atoms with Crippen LogP contribution < -0.4 is 19.7 Å². The third kappa shape index (κ3) is 4.83. The molecule has 0 saturated heterocycles. The fraction of sp³-hybridized carbons (Fsp3) is 0.478. The van der Waals surface area contributed by atoms with E-state index in [1.165, 1.54) is 7.11 Å². The Labute approximate surface area is 179 Å². The molecule has 6 nitrogen and oxygen atoms in total. The van der Waals surface area contributed by atoms with Crippen LogP contribution in [-0.4, -0.2) is 39.5 Å². The highest BCUT2D eigenvalue weighted by Crippen LogP contribution is 2.61. The smallest absolute Gasteiger partial charge is 0.264 e. The molecule has 2 aromatic carbocycles. The van der Waals surface area contributed by atoms with Gasteiger partial charge in [-0.2, -0.15) is 0 Å². The molecular formula is C23H32NO5P. The van der Waals surface area contributed by atoms with Crippen LogP contribution in [0.25, 0.3) is 0 Å². The standard InChI is InChI=1S/C23H32NO5P/c1-24(2)17-10-13-20(14-11-17)30(26,29-18-8-6-5-7-9-18)23(25)21-16-19(27-3)12-15-22(21)28-4/h10-16,18,23,25H,5-9H2,1-4H3. The van der Waals surface area contributed by atoms with Crippen molar-refractivity contribution < 1.29 is 23.7 Å². The number of methoxy groups -OCH3 is 2. The monoisotopic (exact) mass is 433 g/mol. The van der Waals surface area contributed by atoms with E-state index in [1.54, 1.807) is 37.4 Å². The maximum Gasteiger partial charge on any atom is 0.264 e. The Morgan fingerprint density at radius 3 is 2.23 bits per heavy atom. The maximum atomic E-state index is 14.4. The van der Waals surface area contributed by atoms with Crippen LogP contribution in [0.15, 0.2) is 42.5 Å². The van der Waals surface area contributed by atoms with Crippen molar-refractivity contribution in [3.05, 3.63) is 48.0 Å². The van der Waals surface area contributed by atoms with Crippen LogP contribution in [0.4, 0.5) is 5.69 Å². The van der Waals surface area contributed by atoms with E-state index < -0.39 is 13.2 Å².